The minimum atomic E-state index is 0.412. The van der Waals surface area contributed by atoms with E-state index in [4.69, 9.17) is 0 Å². The van der Waals surface area contributed by atoms with Crippen LogP contribution in [-0.4, -0.2) is 12.3 Å². The average molecular weight is 316 g/mol. The Morgan fingerprint density at radius 2 is 2.06 bits per heavy atom. The molecule has 1 unspecified atom stereocenters. The SMILES string of the molecule is CCCNC(C)c1ccc(SCCC)cc1Br. The number of hydrogen-bond donors (Lipinski definition) is 1. The zero-order valence-electron chi connectivity index (χ0n) is 10.9. The molecule has 3 heteroatoms. The molecule has 1 aromatic carbocycles. The third kappa shape index (κ3) is 5.02. The largest absolute Gasteiger partial charge is 0.310 e. The fourth-order valence-corrected chi connectivity index (χ4v) is 3.32. The maximum absolute atomic E-state index is 3.68. The van der Waals surface area contributed by atoms with Gasteiger partial charge in [-0.1, -0.05) is 35.8 Å². The molecule has 1 rings (SSSR count). The van der Waals surface area contributed by atoms with E-state index >= 15 is 0 Å². The highest BCUT2D eigenvalue weighted by molar-refractivity contribution is 9.10. The molecular formula is C14H22BrNS. The maximum Gasteiger partial charge on any atom is 0.0302 e. The molecule has 0 spiro atoms. The van der Waals surface area contributed by atoms with E-state index in [0.717, 1.165) is 6.54 Å². The van der Waals surface area contributed by atoms with Crippen molar-refractivity contribution in [1.29, 1.82) is 0 Å². The monoisotopic (exact) mass is 315 g/mol. The summed E-state index contributed by atoms with van der Waals surface area (Å²) in [5.74, 6) is 1.19. The van der Waals surface area contributed by atoms with Gasteiger partial charge < -0.3 is 5.32 Å². The Labute approximate surface area is 118 Å². The van der Waals surface area contributed by atoms with Gasteiger partial charge in [0.05, 0.1) is 0 Å². The molecule has 0 heterocycles. The lowest BCUT2D eigenvalue weighted by Crippen LogP contribution is -2.19. The molecule has 96 valence electrons. The Balaban J connectivity index is 2.68. The summed E-state index contributed by atoms with van der Waals surface area (Å²) in [5, 5.41) is 3.52. The second-order valence-corrected chi connectivity index (χ2v) is 6.23. The summed E-state index contributed by atoms with van der Waals surface area (Å²) < 4.78 is 1.22. The summed E-state index contributed by atoms with van der Waals surface area (Å²) in [6, 6.07) is 7.11. The predicted molar refractivity (Wildman–Crippen MR) is 81.9 cm³/mol. The summed E-state index contributed by atoms with van der Waals surface area (Å²) in [6.07, 6.45) is 2.39. The van der Waals surface area contributed by atoms with E-state index in [1.165, 1.54) is 33.5 Å². The second kappa shape index (κ2) is 8.17. The molecule has 17 heavy (non-hydrogen) atoms. The quantitative estimate of drug-likeness (QED) is 0.710. The molecule has 0 radical (unpaired) electrons. The second-order valence-electron chi connectivity index (χ2n) is 4.21. The molecule has 0 aliphatic rings. The number of nitrogens with one attached hydrogen (secondary N) is 1. The Morgan fingerprint density at radius 3 is 2.65 bits per heavy atom. The topological polar surface area (TPSA) is 12.0 Å². The van der Waals surface area contributed by atoms with Crippen molar-refractivity contribution < 1.29 is 0 Å². The zero-order valence-corrected chi connectivity index (χ0v) is 13.3. The highest BCUT2D eigenvalue weighted by Crippen LogP contribution is 2.29. The Morgan fingerprint density at radius 1 is 1.29 bits per heavy atom. The van der Waals surface area contributed by atoms with Crippen LogP contribution in [0, 0.1) is 0 Å². The van der Waals surface area contributed by atoms with Crippen LogP contribution >= 0.6 is 27.7 Å². The number of halogens is 1. The fraction of sp³-hybridized carbons (Fsp3) is 0.571. The average Bonchev–Trinajstić information content (AvgIpc) is 2.33. The van der Waals surface area contributed by atoms with Crippen molar-refractivity contribution in [2.45, 2.75) is 44.6 Å². The van der Waals surface area contributed by atoms with Crippen LogP contribution in [0.2, 0.25) is 0 Å². The van der Waals surface area contributed by atoms with Crippen LogP contribution in [0.4, 0.5) is 0 Å². The van der Waals surface area contributed by atoms with Gasteiger partial charge in [0.25, 0.3) is 0 Å². The number of hydrogen-bond acceptors (Lipinski definition) is 2. The van der Waals surface area contributed by atoms with Crippen molar-refractivity contribution in [3.8, 4) is 0 Å². The van der Waals surface area contributed by atoms with Crippen molar-refractivity contribution in [2.24, 2.45) is 0 Å². The van der Waals surface area contributed by atoms with Gasteiger partial charge >= 0.3 is 0 Å². The van der Waals surface area contributed by atoms with Crippen molar-refractivity contribution in [2.75, 3.05) is 12.3 Å². The lowest BCUT2D eigenvalue weighted by Gasteiger charge is -2.16. The third-order valence-corrected chi connectivity index (χ3v) is 4.50. The highest BCUT2D eigenvalue weighted by atomic mass is 79.9. The molecule has 1 N–H and O–H groups in total. The molecule has 0 bridgehead atoms. The maximum atomic E-state index is 3.68. The highest BCUT2D eigenvalue weighted by Gasteiger charge is 2.08. The van der Waals surface area contributed by atoms with Gasteiger partial charge in [-0.3, -0.25) is 0 Å². The van der Waals surface area contributed by atoms with E-state index in [1.54, 1.807) is 0 Å². The van der Waals surface area contributed by atoms with E-state index in [2.05, 4.69) is 60.2 Å². The Kier molecular flexibility index (Phi) is 7.24. The standard InChI is InChI=1S/C14H22BrNS/c1-4-8-16-11(3)13-7-6-12(10-14(13)15)17-9-5-2/h6-7,10-11,16H,4-5,8-9H2,1-3H3. The minimum Gasteiger partial charge on any atom is -0.310 e. The van der Waals surface area contributed by atoms with Crippen LogP contribution in [0.15, 0.2) is 27.6 Å². The van der Waals surface area contributed by atoms with Crippen molar-refractivity contribution in [1.82, 2.24) is 5.32 Å². The molecule has 1 aromatic rings. The first-order valence-electron chi connectivity index (χ1n) is 6.34. The van der Waals surface area contributed by atoms with Gasteiger partial charge in [-0.2, -0.15) is 0 Å². The Bertz CT molecular complexity index is 341. The molecule has 0 amide bonds. The van der Waals surface area contributed by atoms with Crippen LogP contribution in [0.1, 0.15) is 45.2 Å². The van der Waals surface area contributed by atoms with E-state index in [-0.39, 0.29) is 0 Å². The molecule has 0 saturated carbocycles. The van der Waals surface area contributed by atoms with Crippen LogP contribution < -0.4 is 5.32 Å². The summed E-state index contributed by atoms with van der Waals surface area (Å²) in [5.41, 5.74) is 1.35. The lowest BCUT2D eigenvalue weighted by molar-refractivity contribution is 0.568. The van der Waals surface area contributed by atoms with Gasteiger partial charge in [0.2, 0.25) is 0 Å². The van der Waals surface area contributed by atoms with Crippen molar-refractivity contribution in [3.05, 3.63) is 28.2 Å². The summed E-state index contributed by atoms with van der Waals surface area (Å²) in [6.45, 7) is 7.70. The van der Waals surface area contributed by atoms with Crippen LogP contribution in [0.3, 0.4) is 0 Å². The zero-order chi connectivity index (χ0) is 12.7. The number of benzene rings is 1. The molecular weight excluding hydrogens is 294 g/mol. The smallest absolute Gasteiger partial charge is 0.0302 e. The fourth-order valence-electron chi connectivity index (χ4n) is 1.64. The summed E-state index contributed by atoms with van der Waals surface area (Å²) in [4.78, 5) is 1.35. The van der Waals surface area contributed by atoms with E-state index in [0.29, 0.717) is 6.04 Å². The van der Waals surface area contributed by atoms with Crippen LogP contribution in [-0.2, 0) is 0 Å². The molecule has 1 nitrogen and oxygen atoms in total. The molecule has 0 aliphatic carbocycles. The van der Waals surface area contributed by atoms with Gasteiger partial charge in [0, 0.05) is 15.4 Å². The van der Waals surface area contributed by atoms with Crippen molar-refractivity contribution >= 4 is 27.7 Å². The van der Waals surface area contributed by atoms with E-state index in [1.807, 2.05) is 11.8 Å². The summed E-state index contributed by atoms with van der Waals surface area (Å²) in [7, 11) is 0. The first kappa shape index (κ1) is 15.1. The van der Waals surface area contributed by atoms with Gasteiger partial charge in [0.1, 0.15) is 0 Å². The van der Waals surface area contributed by atoms with E-state index < -0.39 is 0 Å². The molecule has 0 aliphatic heterocycles. The van der Waals surface area contributed by atoms with Gasteiger partial charge in [0.15, 0.2) is 0 Å². The van der Waals surface area contributed by atoms with Crippen LogP contribution in [0.5, 0.6) is 0 Å². The first-order valence-corrected chi connectivity index (χ1v) is 8.12. The third-order valence-electron chi connectivity index (χ3n) is 2.61. The molecule has 0 fully saturated rings. The first-order chi connectivity index (χ1) is 8.19. The van der Waals surface area contributed by atoms with Gasteiger partial charge in [-0.15, -0.1) is 11.8 Å². The molecule has 1 atom stereocenters. The Hall–Kier alpha value is 0.01000. The normalized spacial score (nSPS) is 12.7. The molecule has 0 saturated heterocycles. The summed E-state index contributed by atoms with van der Waals surface area (Å²) >= 11 is 5.60. The van der Waals surface area contributed by atoms with Gasteiger partial charge in [-0.05, 0) is 49.8 Å². The van der Waals surface area contributed by atoms with Crippen molar-refractivity contribution in [3.63, 3.8) is 0 Å². The number of rotatable bonds is 7. The van der Waals surface area contributed by atoms with E-state index in [9.17, 15) is 0 Å². The van der Waals surface area contributed by atoms with Crippen LogP contribution in [0.25, 0.3) is 0 Å². The lowest BCUT2D eigenvalue weighted by atomic mass is 10.1. The number of thioether (sulfide) groups is 1. The predicted octanol–water partition coefficient (Wildman–Crippen LogP) is 5.01. The van der Waals surface area contributed by atoms with Gasteiger partial charge in [-0.25, -0.2) is 0 Å². The molecule has 0 aromatic heterocycles. The minimum absolute atomic E-state index is 0.412.